The van der Waals surface area contributed by atoms with Gasteiger partial charge in [-0.05, 0) is 36.6 Å². The third-order valence-corrected chi connectivity index (χ3v) is 6.28. The molecule has 1 amide bonds. The summed E-state index contributed by atoms with van der Waals surface area (Å²) in [6, 6.07) is 6.78. The van der Waals surface area contributed by atoms with E-state index in [2.05, 4.69) is 25.1 Å². The van der Waals surface area contributed by atoms with Gasteiger partial charge in [-0.2, -0.15) is 13.2 Å². The number of hydrogen-bond donors (Lipinski definition) is 1. The number of hydrogen-bond acceptors (Lipinski definition) is 6. The zero-order chi connectivity index (χ0) is 23.3. The summed E-state index contributed by atoms with van der Waals surface area (Å²) in [5.41, 5.74) is 0.0754. The number of benzene rings is 1. The number of amides is 1. The first kappa shape index (κ1) is 23.4. The van der Waals surface area contributed by atoms with Gasteiger partial charge < -0.3 is 15.0 Å². The van der Waals surface area contributed by atoms with Crippen LogP contribution in [0.2, 0.25) is 0 Å². The van der Waals surface area contributed by atoms with Crippen LogP contribution >= 0.6 is 0 Å². The predicted molar refractivity (Wildman–Crippen MR) is 117 cm³/mol. The second-order valence-corrected chi connectivity index (χ2v) is 8.34. The van der Waals surface area contributed by atoms with Crippen molar-refractivity contribution in [3.63, 3.8) is 0 Å². The van der Waals surface area contributed by atoms with Crippen molar-refractivity contribution in [2.75, 3.05) is 50.8 Å². The highest BCUT2D eigenvalue weighted by Gasteiger charge is 2.32. The summed E-state index contributed by atoms with van der Waals surface area (Å²) in [7, 11) is 0. The third-order valence-electron chi connectivity index (χ3n) is 6.28. The number of ether oxygens (including phenoxy) is 1. The number of anilines is 1. The van der Waals surface area contributed by atoms with Crippen LogP contribution < -0.4 is 10.2 Å². The van der Waals surface area contributed by atoms with Gasteiger partial charge in [-0.25, -0.2) is 9.97 Å². The van der Waals surface area contributed by atoms with E-state index in [0.29, 0.717) is 64.7 Å². The van der Waals surface area contributed by atoms with Gasteiger partial charge in [0.05, 0.1) is 24.8 Å². The summed E-state index contributed by atoms with van der Waals surface area (Å²) in [6.07, 6.45) is 0.433. The van der Waals surface area contributed by atoms with Crippen molar-refractivity contribution < 1.29 is 22.7 Å². The van der Waals surface area contributed by atoms with Crippen LogP contribution in [0.25, 0.3) is 0 Å². The molecule has 0 spiro atoms. The highest BCUT2D eigenvalue weighted by molar-refractivity contribution is 5.79. The van der Waals surface area contributed by atoms with Gasteiger partial charge in [-0.1, -0.05) is 12.1 Å². The fourth-order valence-corrected chi connectivity index (χ4v) is 4.38. The molecule has 0 bridgehead atoms. The molecule has 2 aromatic rings. The lowest BCUT2D eigenvalue weighted by Gasteiger charge is -2.36. The molecule has 10 heteroatoms. The van der Waals surface area contributed by atoms with E-state index in [4.69, 9.17) is 4.74 Å². The molecule has 3 heterocycles. The summed E-state index contributed by atoms with van der Waals surface area (Å²) in [4.78, 5) is 25.7. The Morgan fingerprint density at radius 1 is 1.06 bits per heavy atom. The maximum absolute atomic E-state index is 13.0. The molecule has 0 radical (unpaired) electrons. The van der Waals surface area contributed by atoms with Crippen molar-refractivity contribution >= 4 is 11.9 Å². The largest absolute Gasteiger partial charge is 0.416 e. The molecule has 2 saturated heterocycles. The van der Waals surface area contributed by atoms with Crippen LogP contribution in [-0.4, -0.2) is 66.7 Å². The second kappa shape index (κ2) is 10.5. The van der Waals surface area contributed by atoms with Crippen LogP contribution in [0.15, 0.2) is 42.7 Å². The number of alkyl halides is 3. The van der Waals surface area contributed by atoms with Gasteiger partial charge in [0.15, 0.2) is 0 Å². The maximum Gasteiger partial charge on any atom is 0.416 e. The number of morpholine rings is 1. The monoisotopic (exact) mass is 463 g/mol. The third kappa shape index (κ3) is 6.00. The molecule has 2 aliphatic heterocycles. The van der Waals surface area contributed by atoms with Crippen LogP contribution in [0.5, 0.6) is 0 Å². The van der Waals surface area contributed by atoms with Gasteiger partial charge in [-0.15, -0.1) is 0 Å². The molecule has 1 atom stereocenters. The van der Waals surface area contributed by atoms with E-state index < -0.39 is 11.7 Å². The minimum atomic E-state index is -4.37. The van der Waals surface area contributed by atoms with E-state index in [1.807, 2.05) is 0 Å². The molecule has 1 aromatic carbocycles. The van der Waals surface area contributed by atoms with Gasteiger partial charge in [0.1, 0.15) is 0 Å². The van der Waals surface area contributed by atoms with Gasteiger partial charge in [0.25, 0.3) is 0 Å². The lowest BCUT2D eigenvalue weighted by atomic mass is 9.95. The molecule has 1 aromatic heterocycles. The molecule has 1 N–H and O–H groups in total. The molecule has 0 aliphatic carbocycles. The lowest BCUT2D eigenvalue weighted by Crippen LogP contribution is -2.46. The summed E-state index contributed by atoms with van der Waals surface area (Å²) in [5, 5.41) is 3.05. The van der Waals surface area contributed by atoms with E-state index >= 15 is 0 Å². The number of aromatic nitrogens is 2. The summed E-state index contributed by atoms with van der Waals surface area (Å²) in [6.45, 7) is 4.19. The Kier molecular flexibility index (Phi) is 7.44. The molecule has 2 fully saturated rings. The number of piperidine rings is 1. The topological polar surface area (TPSA) is 70.6 Å². The fourth-order valence-electron chi connectivity index (χ4n) is 4.38. The van der Waals surface area contributed by atoms with E-state index in [0.717, 1.165) is 17.7 Å². The molecule has 0 saturated carbocycles. The number of nitrogens with zero attached hydrogens (tertiary/aromatic N) is 4. The van der Waals surface area contributed by atoms with Crippen molar-refractivity contribution in [3.8, 4) is 0 Å². The zero-order valence-corrected chi connectivity index (χ0v) is 18.3. The Morgan fingerprint density at radius 2 is 1.70 bits per heavy atom. The lowest BCUT2D eigenvalue weighted by molar-refractivity contribution is -0.137. The van der Waals surface area contributed by atoms with Crippen LogP contribution in [0, 0.1) is 5.92 Å². The van der Waals surface area contributed by atoms with Crippen molar-refractivity contribution in [1.29, 1.82) is 0 Å². The average Bonchev–Trinajstić information content (AvgIpc) is 2.85. The highest BCUT2D eigenvalue weighted by atomic mass is 19.4. The van der Waals surface area contributed by atoms with Gasteiger partial charge in [0.2, 0.25) is 11.9 Å². The standard InChI is InChI=1S/C23H28F3N5O2/c24-23(25,26)19-4-2-17(3-5-19)20(30-12-14-33-15-13-30)16-29-21(32)18-6-10-31(11-7-18)22-27-8-1-9-28-22/h1-5,8-9,18,20H,6-7,10-16H2,(H,29,32). The summed E-state index contributed by atoms with van der Waals surface area (Å²) < 4.78 is 44.4. The molecule has 1 unspecified atom stereocenters. The fraction of sp³-hybridized carbons (Fsp3) is 0.522. The molecular weight excluding hydrogens is 435 g/mol. The first-order chi connectivity index (χ1) is 15.9. The Hall–Kier alpha value is -2.72. The molecule has 7 nitrogen and oxygen atoms in total. The highest BCUT2D eigenvalue weighted by Crippen LogP contribution is 2.31. The van der Waals surface area contributed by atoms with E-state index in [9.17, 15) is 18.0 Å². The van der Waals surface area contributed by atoms with Crippen molar-refractivity contribution in [1.82, 2.24) is 20.2 Å². The number of nitrogens with one attached hydrogen (secondary N) is 1. The average molecular weight is 464 g/mol. The molecule has 33 heavy (non-hydrogen) atoms. The summed E-state index contributed by atoms with van der Waals surface area (Å²) in [5.74, 6) is 0.544. The van der Waals surface area contributed by atoms with Crippen molar-refractivity contribution in [2.45, 2.75) is 25.1 Å². The van der Waals surface area contributed by atoms with E-state index in [1.54, 1.807) is 18.5 Å². The minimum Gasteiger partial charge on any atom is -0.379 e. The Labute approximate surface area is 191 Å². The van der Waals surface area contributed by atoms with Gasteiger partial charge in [0, 0.05) is 51.0 Å². The number of carbonyl (C=O) groups is 1. The molecule has 178 valence electrons. The first-order valence-corrected chi connectivity index (χ1v) is 11.2. The molecular formula is C23H28F3N5O2. The summed E-state index contributed by atoms with van der Waals surface area (Å²) >= 11 is 0. The quantitative estimate of drug-likeness (QED) is 0.711. The van der Waals surface area contributed by atoms with Crippen LogP contribution in [0.1, 0.15) is 30.0 Å². The Balaban J connectivity index is 1.37. The number of carbonyl (C=O) groups excluding carboxylic acids is 1. The normalized spacial score (nSPS) is 19.3. The van der Waals surface area contributed by atoms with Crippen LogP contribution in [0.4, 0.5) is 19.1 Å². The van der Waals surface area contributed by atoms with Crippen LogP contribution in [-0.2, 0) is 15.7 Å². The van der Waals surface area contributed by atoms with Crippen molar-refractivity contribution in [3.05, 3.63) is 53.9 Å². The number of halogens is 3. The SMILES string of the molecule is O=C(NCC(c1ccc(C(F)(F)F)cc1)N1CCOCC1)C1CCN(c2ncccn2)CC1. The Morgan fingerprint density at radius 3 is 2.30 bits per heavy atom. The van der Waals surface area contributed by atoms with Crippen molar-refractivity contribution in [2.24, 2.45) is 5.92 Å². The first-order valence-electron chi connectivity index (χ1n) is 11.2. The molecule has 2 aliphatic rings. The van der Waals surface area contributed by atoms with E-state index in [1.165, 1.54) is 12.1 Å². The minimum absolute atomic E-state index is 0.0196. The van der Waals surface area contributed by atoms with Gasteiger partial charge >= 0.3 is 6.18 Å². The van der Waals surface area contributed by atoms with Gasteiger partial charge in [-0.3, -0.25) is 9.69 Å². The van der Waals surface area contributed by atoms with Crippen LogP contribution in [0.3, 0.4) is 0 Å². The maximum atomic E-state index is 13.0. The predicted octanol–water partition coefficient (Wildman–Crippen LogP) is 2.90. The van der Waals surface area contributed by atoms with E-state index in [-0.39, 0.29) is 17.9 Å². The Bertz CT molecular complexity index is 897. The smallest absolute Gasteiger partial charge is 0.379 e. The second-order valence-electron chi connectivity index (χ2n) is 8.34. The molecule has 4 rings (SSSR count). The zero-order valence-electron chi connectivity index (χ0n) is 18.3. The number of rotatable bonds is 6.